The van der Waals surface area contributed by atoms with E-state index in [1.54, 1.807) is 12.1 Å². The first-order chi connectivity index (χ1) is 12.6. The van der Waals surface area contributed by atoms with Gasteiger partial charge in [0.1, 0.15) is 0 Å². The highest BCUT2D eigenvalue weighted by Crippen LogP contribution is 2.35. The van der Waals surface area contributed by atoms with E-state index in [1.807, 2.05) is 35.2 Å². The first-order valence-electron chi connectivity index (χ1n) is 9.09. The van der Waals surface area contributed by atoms with Gasteiger partial charge in [0, 0.05) is 36.6 Å². The SMILES string of the molecule is O=C(c1ccc2c(c1)CCCN2c1ccc(N([O-])O)cc1)N1CCCC1. The maximum Gasteiger partial charge on any atom is 0.253 e. The van der Waals surface area contributed by atoms with Crippen LogP contribution in [0.3, 0.4) is 0 Å². The smallest absolute Gasteiger partial charge is 0.253 e. The van der Waals surface area contributed by atoms with Crippen molar-refractivity contribution < 1.29 is 10.0 Å². The minimum absolute atomic E-state index is 0.130. The summed E-state index contributed by atoms with van der Waals surface area (Å²) in [7, 11) is 0. The van der Waals surface area contributed by atoms with Gasteiger partial charge >= 0.3 is 0 Å². The maximum absolute atomic E-state index is 12.6. The zero-order valence-electron chi connectivity index (χ0n) is 14.6. The van der Waals surface area contributed by atoms with E-state index in [1.165, 1.54) is 5.56 Å². The quantitative estimate of drug-likeness (QED) is 0.853. The van der Waals surface area contributed by atoms with Crippen LogP contribution in [0, 0.1) is 5.21 Å². The third-order valence-corrected chi connectivity index (χ3v) is 5.22. The lowest BCUT2D eigenvalue weighted by Crippen LogP contribution is -2.29. The Balaban J connectivity index is 1.61. The van der Waals surface area contributed by atoms with Crippen LogP contribution < -0.4 is 10.1 Å². The number of carbonyl (C=O) groups excluding carboxylic acids is 1. The average Bonchev–Trinajstić information content (AvgIpc) is 3.21. The van der Waals surface area contributed by atoms with Crippen molar-refractivity contribution in [2.75, 3.05) is 29.8 Å². The van der Waals surface area contributed by atoms with Gasteiger partial charge in [-0.25, -0.2) is 0 Å². The van der Waals surface area contributed by atoms with Crippen LogP contribution in [-0.2, 0) is 6.42 Å². The zero-order chi connectivity index (χ0) is 18.1. The molecule has 0 aliphatic carbocycles. The fraction of sp³-hybridized carbons (Fsp3) is 0.350. The fourth-order valence-electron chi connectivity index (χ4n) is 3.86. The Hall–Kier alpha value is -2.57. The lowest BCUT2D eigenvalue weighted by Gasteiger charge is -2.32. The summed E-state index contributed by atoms with van der Waals surface area (Å²) in [4.78, 5) is 16.8. The summed E-state index contributed by atoms with van der Waals surface area (Å²) < 4.78 is 0. The summed E-state index contributed by atoms with van der Waals surface area (Å²) >= 11 is 0. The highest BCUT2D eigenvalue weighted by molar-refractivity contribution is 5.95. The van der Waals surface area contributed by atoms with Gasteiger partial charge < -0.3 is 20.2 Å². The summed E-state index contributed by atoms with van der Waals surface area (Å²) in [6, 6.07) is 12.8. The van der Waals surface area contributed by atoms with E-state index in [0.717, 1.165) is 62.3 Å². The lowest BCUT2D eigenvalue weighted by atomic mass is 9.98. The van der Waals surface area contributed by atoms with E-state index < -0.39 is 0 Å². The molecule has 1 N–H and O–H groups in total. The fourth-order valence-corrected chi connectivity index (χ4v) is 3.86. The number of nitrogens with zero attached hydrogens (tertiary/aromatic N) is 3. The molecule has 2 aliphatic heterocycles. The van der Waals surface area contributed by atoms with Gasteiger partial charge in [0.15, 0.2) is 0 Å². The van der Waals surface area contributed by atoms with Crippen LogP contribution in [0.15, 0.2) is 42.5 Å². The van der Waals surface area contributed by atoms with Crippen molar-refractivity contribution >= 4 is 23.0 Å². The second-order valence-corrected chi connectivity index (χ2v) is 6.89. The van der Waals surface area contributed by atoms with Gasteiger partial charge in [-0.2, -0.15) is 0 Å². The van der Waals surface area contributed by atoms with Gasteiger partial charge in [-0.05, 0) is 73.7 Å². The van der Waals surface area contributed by atoms with Crippen molar-refractivity contribution in [1.82, 2.24) is 4.90 Å². The molecule has 2 aromatic rings. The topological polar surface area (TPSA) is 70.1 Å². The lowest BCUT2D eigenvalue weighted by molar-refractivity contribution is 0.0792. The van der Waals surface area contributed by atoms with Crippen molar-refractivity contribution in [3.63, 3.8) is 0 Å². The molecule has 4 rings (SSSR count). The zero-order valence-corrected chi connectivity index (χ0v) is 14.6. The molecule has 0 spiro atoms. The van der Waals surface area contributed by atoms with Crippen LogP contribution in [0.2, 0.25) is 0 Å². The van der Waals surface area contributed by atoms with Gasteiger partial charge in [0.25, 0.3) is 5.91 Å². The highest BCUT2D eigenvalue weighted by Gasteiger charge is 2.23. The van der Waals surface area contributed by atoms with E-state index in [9.17, 15) is 10.0 Å². The normalized spacial score (nSPS) is 16.5. The van der Waals surface area contributed by atoms with Crippen molar-refractivity contribution in [3.8, 4) is 0 Å². The predicted octanol–water partition coefficient (Wildman–Crippen LogP) is 3.70. The summed E-state index contributed by atoms with van der Waals surface area (Å²) in [6.07, 6.45) is 4.14. The summed E-state index contributed by atoms with van der Waals surface area (Å²) in [5, 5.41) is 19.8. The minimum atomic E-state index is -0.135. The second kappa shape index (κ2) is 6.97. The van der Waals surface area contributed by atoms with Crippen LogP contribution in [0.5, 0.6) is 0 Å². The third kappa shape index (κ3) is 3.13. The molecule has 26 heavy (non-hydrogen) atoms. The van der Waals surface area contributed by atoms with E-state index in [0.29, 0.717) is 0 Å². The van der Waals surface area contributed by atoms with Gasteiger partial charge in [-0.15, -0.1) is 0 Å². The molecular formula is C20H22N3O3-. The largest absolute Gasteiger partial charge is 0.733 e. The number of hydrogen-bond acceptors (Lipinski definition) is 5. The Labute approximate surface area is 152 Å². The van der Waals surface area contributed by atoms with Gasteiger partial charge in [-0.1, -0.05) is 0 Å². The molecule has 2 aromatic carbocycles. The van der Waals surface area contributed by atoms with Gasteiger partial charge in [0.05, 0.1) is 5.69 Å². The summed E-state index contributed by atoms with van der Waals surface area (Å²) in [6.45, 7) is 2.60. The third-order valence-electron chi connectivity index (χ3n) is 5.22. The van der Waals surface area contributed by atoms with Crippen LogP contribution >= 0.6 is 0 Å². The summed E-state index contributed by atoms with van der Waals surface area (Å²) in [5.41, 5.74) is 4.22. The van der Waals surface area contributed by atoms with Crippen molar-refractivity contribution in [2.45, 2.75) is 25.7 Å². The summed E-state index contributed by atoms with van der Waals surface area (Å²) in [5.74, 6) is 0.130. The Morgan fingerprint density at radius 2 is 1.73 bits per heavy atom. The first kappa shape index (κ1) is 16.9. The Bertz CT molecular complexity index is 798. The molecule has 6 nitrogen and oxygen atoms in total. The molecule has 136 valence electrons. The van der Waals surface area contributed by atoms with E-state index >= 15 is 0 Å². The van der Waals surface area contributed by atoms with Crippen LogP contribution in [0.4, 0.5) is 17.1 Å². The van der Waals surface area contributed by atoms with Crippen LogP contribution in [0.25, 0.3) is 0 Å². The number of likely N-dealkylation sites (tertiary alicyclic amines) is 1. The number of anilines is 3. The molecule has 0 unspecified atom stereocenters. The van der Waals surface area contributed by atoms with Crippen molar-refractivity contribution in [3.05, 3.63) is 58.8 Å². The van der Waals surface area contributed by atoms with Crippen LogP contribution in [0.1, 0.15) is 35.2 Å². The molecule has 0 aromatic heterocycles. The highest BCUT2D eigenvalue weighted by atomic mass is 16.8. The van der Waals surface area contributed by atoms with E-state index in [2.05, 4.69) is 4.90 Å². The standard InChI is InChI=1S/C20H22N3O3/c24-20(21-11-1-2-12-21)16-5-10-19-15(14-16)4-3-13-22(19)17-6-8-18(9-7-17)23(25)26/h5-10,14,25H,1-4,11-13H2/q-1. The number of hydrogen-bond donors (Lipinski definition) is 1. The maximum atomic E-state index is 12.6. The predicted molar refractivity (Wildman–Crippen MR) is 101 cm³/mol. The Kier molecular flexibility index (Phi) is 4.53. The molecule has 2 aliphatic rings. The van der Waals surface area contributed by atoms with Crippen LogP contribution in [-0.4, -0.2) is 35.6 Å². The number of amides is 1. The van der Waals surface area contributed by atoms with Gasteiger partial charge in [-0.3, -0.25) is 10.0 Å². The molecule has 1 fully saturated rings. The van der Waals surface area contributed by atoms with Crippen molar-refractivity contribution in [2.24, 2.45) is 0 Å². The molecule has 2 heterocycles. The monoisotopic (exact) mass is 352 g/mol. The molecule has 0 radical (unpaired) electrons. The molecule has 0 saturated carbocycles. The van der Waals surface area contributed by atoms with E-state index in [4.69, 9.17) is 5.21 Å². The molecule has 0 atom stereocenters. The number of aryl methyl sites for hydroxylation is 1. The number of rotatable bonds is 3. The van der Waals surface area contributed by atoms with E-state index in [-0.39, 0.29) is 16.8 Å². The van der Waals surface area contributed by atoms with Gasteiger partial charge in [0.2, 0.25) is 0 Å². The second-order valence-electron chi connectivity index (χ2n) is 6.89. The number of benzene rings is 2. The first-order valence-corrected chi connectivity index (χ1v) is 9.09. The number of carbonyl (C=O) groups is 1. The average molecular weight is 352 g/mol. The van der Waals surface area contributed by atoms with Crippen molar-refractivity contribution in [1.29, 1.82) is 0 Å². The number of fused-ring (bicyclic) bond motifs is 1. The molecular weight excluding hydrogens is 330 g/mol. The molecule has 0 bridgehead atoms. The Morgan fingerprint density at radius 1 is 1.00 bits per heavy atom. The molecule has 1 saturated heterocycles. The Morgan fingerprint density at radius 3 is 2.42 bits per heavy atom. The molecule has 6 heteroatoms. The molecule has 1 amide bonds. The minimum Gasteiger partial charge on any atom is -0.733 e.